The highest BCUT2D eigenvalue weighted by Crippen LogP contribution is 2.09. The van der Waals surface area contributed by atoms with Gasteiger partial charge < -0.3 is 15.5 Å². The van der Waals surface area contributed by atoms with Crippen LogP contribution in [0.3, 0.4) is 0 Å². The Morgan fingerprint density at radius 2 is 2.25 bits per heavy atom. The van der Waals surface area contributed by atoms with E-state index in [2.05, 4.69) is 9.97 Å². The third kappa shape index (κ3) is 3.66. The van der Waals surface area contributed by atoms with Crippen LogP contribution in [-0.4, -0.2) is 22.1 Å². The van der Waals surface area contributed by atoms with Crippen LogP contribution < -0.4 is 16.0 Å². The zero-order valence-electron chi connectivity index (χ0n) is 10.0. The van der Waals surface area contributed by atoms with Gasteiger partial charge in [0.15, 0.2) is 0 Å². The van der Waals surface area contributed by atoms with Crippen molar-refractivity contribution in [1.82, 2.24) is 9.97 Å². The molecule has 0 aliphatic rings. The zero-order chi connectivity index (χ0) is 12.2. The first-order chi connectivity index (χ1) is 7.46. The first-order valence-electron chi connectivity index (χ1n) is 5.49. The van der Waals surface area contributed by atoms with Gasteiger partial charge in [0.2, 0.25) is 5.88 Å². The van der Waals surface area contributed by atoms with Crippen molar-refractivity contribution in [3.8, 4) is 5.88 Å². The van der Waals surface area contributed by atoms with Gasteiger partial charge in [-0.15, -0.1) is 0 Å². The molecule has 0 spiro atoms. The molecule has 90 valence electrons. The topological polar surface area (TPSA) is 81.0 Å². The number of H-pyrrole nitrogens is 1. The first-order valence-corrected chi connectivity index (χ1v) is 5.49. The van der Waals surface area contributed by atoms with Crippen LogP contribution in [0.1, 0.15) is 33.0 Å². The molecule has 1 heterocycles. The number of aromatic amines is 1. The van der Waals surface area contributed by atoms with Crippen molar-refractivity contribution < 1.29 is 4.74 Å². The third-order valence-electron chi connectivity index (χ3n) is 2.46. The lowest BCUT2D eigenvalue weighted by atomic mass is 10.0. The van der Waals surface area contributed by atoms with Gasteiger partial charge in [0.25, 0.3) is 5.56 Å². The molecule has 0 radical (unpaired) electrons. The average Bonchev–Trinajstić information content (AvgIpc) is 2.26. The van der Waals surface area contributed by atoms with Crippen molar-refractivity contribution in [2.75, 3.05) is 6.61 Å². The predicted octanol–water partition coefficient (Wildman–Crippen LogP) is 0.839. The molecule has 0 fully saturated rings. The monoisotopic (exact) mass is 225 g/mol. The molecule has 3 N–H and O–H groups in total. The van der Waals surface area contributed by atoms with Gasteiger partial charge >= 0.3 is 0 Å². The van der Waals surface area contributed by atoms with Gasteiger partial charge in [0, 0.05) is 12.0 Å². The number of rotatable bonds is 5. The Kier molecular flexibility index (Phi) is 4.06. The maximum absolute atomic E-state index is 11.3. The number of nitrogens with two attached hydrogens (primary N) is 1. The van der Waals surface area contributed by atoms with Crippen LogP contribution in [0, 0.1) is 0 Å². The van der Waals surface area contributed by atoms with Crippen LogP contribution in [0.5, 0.6) is 5.88 Å². The highest BCUT2D eigenvalue weighted by Gasteiger charge is 2.17. The molecule has 0 saturated carbocycles. The van der Waals surface area contributed by atoms with Crippen LogP contribution in [0.15, 0.2) is 10.9 Å². The van der Waals surface area contributed by atoms with Gasteiger partial charge in [0.05, 0.1) is 6.07 Å². The van der Waals surface area contributed by atoms with E-state index in [9.17, 15) is 4.79 Å². The Labute approximate surface area is 95.0 Å². The Bertz CT molecular complexity index is 398. The lowest BCUT2D eigenvalue weighted by Gasteiger charge is -2.22. The molecule has 0 aromatic carbocycles. The summed E-state index contributed by atoms with van der Waals surface area (Å²) in [5.41, 5.74) is 5.34. The summed E-state index contributed by atoms with van der Waals surface area (Å²) in [5.74, 6) is 0.962. The zero-order valence-corrected chi connectivity index (χ0v) is 10.0. The number of ether oxygens (including phenoxy) is 1. The van der Waals surface area contributed by atoms with Crippen molar-refractivity contribution in [2.24, 2.45) is 5.73 Å². The van der Waals surface area contributed by atoms with Gasteiger partial charge in [-0.25, -0.2) is 4.98 Å². The minimum absolute atomic E-state index is 0.197. The Morgan fingerprint density at radius 3 is 2.81 bits per heavy atom. The maximum atomic E-state index is 11.3. The molecule has 1 aromatic heterocycles. The Hall–Kier alpha value is -1.36. The van der Waals surface area contributed by atoms with E-state index in [4.69, 9.17) is 10.5 Å². The van der Waals surface area contributed by atoms with Crippen LogP contribution in [-0.2, 0) is 6.42 Å². The fourth-order valence-corrected chi connectivity index (χ4v) is 1.07. The van der Waals surface area contributed by atoms with E-state index in [1.165, 1.54) is 6.07 Å². The summed E-state index contributed by atoms with van der Waals surface area (Å²) in [7, 11) is 0. The van der Waals surface area contributed by atoms with Gasteiger partial charge in [-0.05, 0) is 13.3 Å². The summed E-state index contributed by atoms with van der Waals surface area (Å²) < 4.78 is 5.43. The summed E-state index contributed by atoms with van der Waals surface area (Å²) in [6, 6.07) is 1.34. The molecule has 0 saturated heterocycles. The molecule has 1 unspecified atom stereocenters. The summed E-state index contributed by atoms with van der Waals surface area (Å²) >= 11 is 0. The number of aromatic nitrogens is 2. The van der Waals surface area contributed by atoms with Crippen LogP contribution in [0.4, 0.5) is 0 Å². The predicted molar refractivity (Wildman–Crippen MR) is 62.6 cm³/mol. The molecule has 1 rings (SSSR count). The molecular formula is C11H19N3O2. The highest BCUT2D eigenvalue weighted by atomic mass is 16.5. The molecule has 5 nitrogen and oxygen atoms in total. The summed E-state index contributed by atoms with van der Waals surface area (Å²) in [4.78, 5) is 18.0. The smallest absolute Gasteiger partial charge is 0.254 e. The number of hydrogen-bond acceptors (Lipinski definition) is 4. The molecule has 1 atom stereocenters. The Morgan fingerprint density at radius 1 is 1.56 bits per heavy atom. The Balaban J connectivity index is 2.74. The quantitative estimate of drug-likeness (QED) is 0.778. The van der Waals surface area contributed by atoms with E-state index in [0.29, 0.717) is 24.7 Å². The van der Waals surface area contributed by atoms with E-state index in [1.807, 2.05) is 20.8 Å². The molecule has 1 aromatic rings. The second-order valence-electron chi connectivity index (χ2n) is 4.18. The van der Waals surface area contributed by atoms with Gasteiger partial charge in [0.1, 0.15) is 12.4 Å². The molecular weight excluding hydrogens is 206 g/mol. The highest BCUT2D eigenvalue weighted by molar-refractivity contribution is 5.09. The van der Waals surface area contributed by atoms with Crippen LogP contribution in [0.2, 0.25) is 0 Å². The van der Waals surface area contributed by atoms with E-state index in [-0.39, 0.29) is 5.56 Å². The van der Waals surface area contributed by atoms with Gasteiger partial charge in [-0.1, -0.05) is 13.8 Å². The van der Waals surface area contributed by atoms with E-state index in [0.717, 1.165) is 6.42 Å². The molecule has 0 amide bonds. The van der Waals surface area contributed by atoms with Gasteiger partial charge in [-0.3, -0.25) is 4.79 Å². The number of nitrogens with one attached hydrogen (secondary N) is 1. The van der Waals surface area contributed by atoms with E-state index in [1.54, 1.807) is 0 Å². The average molecular weight is 225 g/mol. The summed E-state index contributed by atoms with van der Waals surface area (Å²) in [5, 5.41) is 0. The number of hydrogen-bond donors (Lipinski definition) is 2. The molecule has 0 aliphatic carbocycles. The van der Waals surface area contributed by atoms with Gasteiger partial charge in [-0.2, -0.15) is 0 Å². The number of nitrogens with zero attached hydrogens (tertiary/aromatic N) is 1. The van der Waals surface area contributed by atoms with Crippen molar-refractivity contribution in [3.05, 3.63) is 22.2 Å². The minimum atomic E-state index is -0.392. The van der Waals surface area contributed by atoms with Crippen LogP contribution in [0.25, 0.3) is 0 Å². The SMILES string of the molecule is CCc1nc(OCC(C)(N)CC)cc(=O)[nH]1. The second kappa shape index (κ2) is 5.12. The lowest BCUT2D eigenvalue weighted by Crippen LogP contribution is -2.41. The largest absolute Gasteiger partial charge is 0.476 e. The summed E-state index contributed by atoms with van der Waals surface area (Å²) in [6.45, 7) is 6.16. The second-order valence-corrected chi connectivity index (χ2v) is 4.18. The van der Waals surface area contributed by atoms with Crippen molar-refractivity contribution in [2.45, 2.75) is 39.2 Å². The van der Waals surface area contributed by atoms with Crippen molar-refractivity contribution >= 4 is 0 Å². The van der Waals surface area contributed by atoms with Crippen molar-refractivity contribution in [1.29, 1.82) is 0 Å². The first kappa shape index (κ1) is 12.7. The normalized spacial score (nSPS) is 14.5. The van der Waals surface area contributed by atoms with E-state index < -0.39 is 5.54 Å². The van der Waals surface area contributed by atoms with E-state index >= 15 is 0 Å². The molecule has 0 bridgehead atoms. The number of aryl methyl sites for hydroxylation is 1. The fraction of sp³-hybridized carbons (Fsp3) is 0.636. The lowest BCUT2D eigenvalue weighted by molar-refractivity contribution is 0.217. The minimum Gasteiger partial charge on any atom is -0.476 e. The molecule has 5 heteroatoms. The third-order valence-corrected chi connectivity index (χ3v) is 2.46. The molecule has 16 heavy (non-hydrogen) atoms. The van der Waals surface area contributed by atoms with Crippen molar-refractivity contribution in [3.63, 3.8) is 0 Å². The fourth-order valence-electron chi connectivity index (χ4n) is 1.07. The maximum Gasteiger partial charge on any atom is 0.254 e. The standard InChI is InChI=1S/C11H19N3O2/c1-4-8-13-9(15)6-10(14-8)16-7-11(3,12)5-2/h6H,4-5,7,12H2,1-3H3,(H,13,14,15). The summed E-state index contributed by atoms with van der Waals surface area (Å²) in [6.07, 6.45) is 1.47. The van der Waals surface area contributed by atoms with Crippen LogP contribution >= 0.6 is 0 Å². The molecule has 0 aliphatic heterocycles.